The van der Waals surface area contributed by atoms with Gasteiger partial charge in [0.25, 0.3) is 0 Å². The molecule has 18 heavy (non-hydrogen) atoms. The zero-order valence-electron chi connectivity index (χ0n) is 12.5. The molecule has 100 valence electrons. The average Bonchev–Trinajstić information content (AvgIpc) is 2.57. The van der Waals surface area contributed by atoms with E-state index >= 15 is 0 Å². The summed E-state index contributed by atoms with van der Waals surface area (Å²) < 4.78 is 6.19. The number of nitrogens with two attached hydrogens (primary N) is 1. The van der Waals surface area contributed by atoms with E-state index in [2.05, 4.69) is 41.5 Å². The number of anilines is 1. The summed E-state index contributed by atoms with van der Waals surface area (Å²) in [4.78, 5) is 0. The van der Waals surface area contributed by atoms with E-state index in [1.807, 2.05) is 0 Å². The zero-order valence-corrected chi connectivity index (χ0v) is 12.5. The summed E-state index contributed by atoms with van der Waals surface area (Å²) in [6, 6.07) is 0. The second-order valence-electron chi connectivity index (χ2n) is 6.59. The van der Waals surface area contributed by atoms with E-state index in [1.165, 1.54) is 22.3 Å². The molecule has 0 amide bonds. The second-order valence-corrected chi connectivity index (χ2v) is 6.59. The van der Waals surface area contributed by atoms with Gasteiger partial charge < -0.3 is 10.5 Å². The van der Waals surface area contributed by atoms with Gasteiger partial charge in [-0.1, -0.05) is 13.8 Å². The van der Waals surface area contributed by atoms with Crippen LogP contribution in [-0.2, 0) is 12.8 Å². The predicted octanol–water partition coefficient (Wildman–Crippen LogP) is 3.80. The number of nitrogen functional groups attached to an aromatic ring is 1. The number of ether oxygens (including phenoxy) is 1. The van der Waals surface area contributed by atoms with Crippen LogP contribution in [0.2, 0.25) is 0 Å². The van der Waals surface area contributed by atoms with Gasteiger partial charge in [0.2, 0.25) is 0 Å². The molecule has 0 fully saturated rings. The van der Waals surface area contributed by atoms with Gasteiger partial charge in [-0.25, -0.2) is 0 Å². The molecular weight excluding hydrogens is 222 g/mol. The molecule has 2 heteroatoms. The maximum atomic E-state index is 6.26. The lowest BCUT2D eigenvalue weighted by molar-refractivity contribution is 0.137. The van der Waals surface area contributed by atoms with Gasteiger partial charge in [0, 0.05) is 17.7 Å². The Hall–Kier alpha value is -1.18. The van der Waals surface area contributed by atoms with Crippen LogP contribution in [0.5, 0.6) is 5.75 Å². The van der Waals surface area contributed by atoms with Crippen molar-refractivity contribution in [1.82, 2.24) is 0 Å². The Bertz CT molecular complexity index is 487. The molecule has 2 rings (SSSR count). The Balaban J connectivity index is 2.62. The largest absolute Gasteiger partial charge is 0.487 e. The van der Waals surface area contributed by atoms with Crippen LogP contribution in [0.15, 0.2) is 0 Å². The highest BCUT2D eigenvalue weighted by Gasteiger charge is 2.34. The molecule has 0 aromatic heterocycles. The monoisotopic (exact) mass is 247 g/mol. The van der Waals surface area contributed by atoms with Crippen molar-refractivity contribution >= 4 is 5.69 Å². The van der Waals surface area contributed by atoms with Crippen LogP contribution in [0.25, 0.3) is 0 Å². The topological polar surface area (TPSA) is 35.2 Å². The Morgan fingerprint density at radius 1 is 1.22 bits per heavy atom. The van der Waals surface area contributed by atoms with Gasteiger partial charge in [-0.05, 0) is 56.7 Å². The second kappa shape index (κ2) is 4.18. The quantitative estimate of drug-likeness (QED) is 0.807. The van der Waals surface area contributed by atoms with Crippen LogP contribution in [0.3, 0.4) is 0 Å². The third-order valence-corrected chi connectivity index (χ3v) is 3.85. The lowest BCUT2D eigenvalue weighted by atomic mass is 9.89. The fourth-order valence-corrected chi connectivity index (χ4v) is 2.86. The molecule has 0 atom stereocenters. The first-order valence-electron chi connectivity index (χ1n) is 6.82. The molecule has 0 radical (unpaired) electrons. The highest BCUT2D eigenvalue weighted by molar-refractivity contribution is 5.66. The van der Waals surface area contributed by atoms with E-state index < -0.39 is 0 Å². The van der Waals surface area contributed by atoms with Crippen LogP contribution in [0.1, 0.15) is 49.9 Å². The standard InChI is InChI=1S/C16H25NO/c1-9(2)7-12-10(3)14(17)11(4)13-8-16(5,6)18-15(12)13/h9H,7-8,17H2,1-6H3. The summed E-state index contributed by atoms with van der Waals surface area (Å²) in [6.45, 7) is 13.0. The SMILES string of the molecule is Cc1c(N)c(C)c2c(c1CC(C)C)OC(C)(C)C2. The third-order valence-electron chi connectivity index (χ3n) is 3.85. The maximum absolute atomic E-state index is 6.26. The molecule has 0 bridgehead atoms. The molecule has 0 spiro atoms. The van der Waals surface area contributed by atoms with Gasteiger partial charge >= 0.3 is 0 Å². The zero-order chi connectivity index (χ0) is 13.7. The average molecular weight is 247 g/mol. The Morgan fingerprint density at radius 2 is 1.83 bits per heavy atom. The number of fused-ring (bicyclic) bond motifs is 1. The first-order chi connectivity index (χ1) is 8.23. The van der Waals surface area contributed by atoms with Gasteiger partial charge in [0.15, 0.2) is 0 Å². The molecule has 2 nitrogen and oxygen atoms in total. The van der Waals surface area contributed by atoms with Crippen molar-refractivity contribution in [3.05, 3.63) is 22.3 Å². The van der Waals surface area contributed by atoms with Crippen molar-refractivity contribution in [3.8, 4) is 5.75 Å². The molecule has 0 saturated heterocycles. The molecule has 2 N–H and O–H groups in total. The van der Waals surface area contributed by atoms with Gasteiger partial charge in [-0.2, -0.15) is 0 Å². The first-order valence-corrected chi connectivity index (χ1v) is 6.82. The molecule has 1 heterocycles. The predicted molar refractivity (Wildman–Crippen MR) is 77.3 cm³/mol. The van der Waals surface area contributed by atoms with E-state index in [-0.39, 0.29) is 5.60 Å². The van der Waals surface area contributed by atoms with Crippen LogP contribution in [-0.4, -0.2) is 5.60 Å². The van der Waals surface area contributed by atoms with E-state index in [1.54, 1.807) is 0 Å². The molecule has 0 saturated carbocycles. The first kappa shape index (κ1) is 13.3. The molecule has 0 unspecified atom stereocenters. The Labute approximate surface area is 111 Å². The smallest absolute Gasteiger partial charge is 0.127 e. The van der Waals surface area contributed by atoms with Crippen molar-refractivity contribution in [2.24, 2.45) is 5.92 Å². The Kier molecular flexibility index (Phi) is 3.08. The van der Waals surface area contributed by atoms with Gasteiger partial charge in [0.1, 0.15) is 11.4 Å². The van der Waals surface area contributed by atoms with E-state index in [9.17, 15) is 0 Å². The van der Waals surface area contributed by atoms with Gasteiger partial charge in [-0.3, -0.25) is 0 Å². The minimum absolute atomic E-state index is 0.0982. The molecule has 0 aliphatic carbocycles. The van der Waals surface area contributed by atoms with Crippen molar-refractivity contribution in [2.75, 3.05) is 5.73 Å². The minimum Gasteiger partial charge on any atom is -0.487 e. The van der Waals surface area contributed by atoms with Crippen LogP contribution < -0.4 is 10.5 Å². The van der Waals surface area contributed by atoms with Crippen LogP contribution in [0, 0.1) is 19.8 Å². The summed E-state index contributed by atoms with van der Waals surface area (Å²) in [6.07, 6.45) is 2.00. The summed E-state index contributed by atoms with van der Waals surface area (Å²) in [5, 5.41) is 0. The fraction of sp³-hybridized carbons (Fsp3) is 0.625. The van der Waals surface area contributed by atoms with Gasteiger partial charge in [0.05, 0.1) is 0 Å². The van der Waals surface area contributed by atoms with Crippen molar-refractivity contribution in [3.63, 3.8) is 0 Å². The normalized spacial score (nSPS) is 16.8. The molecule has 1 aromatic carbocycles. The van der Waals surface area contributed by atoms with E-state index in [0.717, 1.165) is 24.3 Å². The molecule has 1 aromatic rings. The summed E-state index contributed by atoms with van der Waals surface area (Å²) in [7, 11) is 0. The number of rotatable bonds is 2. The number of hydrogen-bond acceptors (Lipinski definition) is 2. The van der Waals surface area contributed by atoms with Crippen molar-refractivity contribution in [1.29, 1.82) is 0 Å². The summed E-state index contributed by atoms with van der Waals surface area (Å²) >= 11 is 0. The highest BCUT2D eigenvalue weighted by atomic mass is 16.5. The highest BCUT2D eigenvalue weighted by Crippen LogP contribution is 2.44. The maximum Gasteiger partial charge on any atom is 0.127 e. The number of benzene rings is 1. The van der Waals surface area contributed by atoms with Crippen molar-refractivity contribution < 1.29 is 4.74 Å². The third kappa shape index (κ3) is 2.09. The summed E-state index contributed by atoms with van der Waals surface area (Å²) in [5.74, 6) is 1.72. The van der Waals surface area contributed by atoms with Gasteiger partial charge in [-0.15, -0.1) is 0 Å². The lowest BCUT2D eigenvalue weighted by Crippen LogP contribution is -2.25. The molecular formula is C16H25NO. The molecule has 1 aliphatic heterocycles. The van der Waals surface area contributed by atoms with E-state index in [4.69, 9.17) is 10.5 Å². The molecule has 1 aliphatic rings. The fourth-order valence-electron chi connectivity index (χ4n) is 2.86. The Morgan fingerprint density at radius 3 is 2.39 bits per heavy atom. The van der Waals surface area contributed by atoms with E-state index in [0.29, 0.717) is 5.92 Å². The minimum atomic E-state index is -0.0982. The van der Waals surface area contributed by atoms with Crippen LogP contribution in [0.4, 0.5) is 5.69 Å². The van der Waals surface area contributed by atoms with Crippen molar-refractivity contribution in [2.45, 2.75) is 60.0 Å². The lowest BCUT2D eigenvalue weighted by Gasteiger charge is -2.20. The van der Waals surface area contributed by atoms with Crippen LogP contribution >= 0.6 is 0 Å². The number of hydrogen-bond donors (Lipinski definition) is 1. The summed E-state index contributed by atoms with van der Waals surface area (Å²) in [5.41, 5.74) is 12.2.